The maximum Gasteiger partial charge on any atom is 0.261 e. The zero-order valence-electron chi connectivity index (χ0n) is 18.2. The van der Waals surface area contributed by atoms with Gasteiger partial charge in [0.1, 0.15) is 6.04 Å². The second-order valence-corrected chi connectivity index (χ2v) is 8.11. The van der Waals surface area contributed by atoms with E-state index in [-0.39, 0.29) is 31.0 Å². The number of carbonyl (C=O) groups is 2. The zero-order valence-corrected chi connectivity index (χ0v) is 19.7. The summed E-state index contributed by atoms with van der Waals surface area (Å²) in [6.07, 6.45) is 0.445. The van der Waals surface area contributed by atoms with E-state index in [0.29, 0.717) is 28.0 Å². The topological polar surface area (TPSA) is 67.9 Å². The lowest BCUT2D eigenvalue weighted by Gasteiger charge is -2.31. The van der Waals surface area contributed by atoms with E-state index in [1.54, 1.807) is 36.4 Å². The highest BCUT2D eigenvalue weighted by atomic mass is 35.5. The standard InChI is InChI=1S/C23H28Cl2N2O4/c1-5-19(23(29)26-15(2)3)27(13-16-10-11-17(24)18(25)12-16)22(28)14-31-21-9-7-6-8-20(21)30-4/h6-12,15,19H,5,13-14H2,1-4H3,(H,26,29)/t19-/m1/s1. The quantitative estimate of drug-likeness (QED) is 0.550. The number of hydrogen-bond acceptors (Lipinski definition) is 4. The summed E-state index contributed by atoms with van der Waals surface area (Å²) in [7, 11) is 1.53. The Bertz CT molecular complexity index is 905. The van der Waals surface area contributed by atoms with E-state index in [2.05, 4.69) is 5.32 Å². The largest absolute Gasteiger partial charge is 0.493 e. The summed E-state index contributed by atoms with van der Waals surface area (Å²) in [4.78, 5) is 27.5. The third-order valence-corrected chi connectivity index (χ3v) is 5.31. The number of carbonyl (C=O) groups excluding carboxylic acids is 2. The molecule has 2 aromatic carbocycles. The maximum absolute atomic E-state index is 13.2. The summed E-state index contributed by atoms with van der Waals surface area (Å²) in [6.45, 7) is 5.56. The minimum absolute atomic E-state index is 0.0479. The second-order valence-electron chi connectivity index (χ2n) is 7.30. The van der Waals surface area contributed by atoms with Crippen LogP contribution in [0.5, 0.6) is 11.5 Å². The van der Waals surface area contributed by atoms with Crippen LogP contribution >= 0.6 is 23.2 Å². The highest BCUT2D eigenvalue weighted by Gasteiger charge is 2.29. The summed E-state index contributed by atoms with van der Waals surface area (Å²) >= 11 is 12.2. The fourth-order valence-corrected chi connectivity index (χ4v) is 3.42. The van der Waals surface area contributed by atoms with Crippen LogP contribution in [0, 0.1) is 0 Å². The van der Waals surface area contributed by atoms with Gasteiger partial charge < -0.3 is 19.7 Å². The molecule has 8 heteroatoms. The maximum atomic E-state index is 13.2. The van der Waals surface area contributed by atoms with Crippen molar-refractivity contribution in [1.29, 1.82) is 0 Å². The fraction of sp³-hybridized carbons (Fsp3) is 0.391. The zero-order chi connectivity index (χ0) is 23.0. The van der Waals surface area contributed by atoms with Crippen molar-refractivity contribution < 1.29 is 19.1 Å². The molecule has 1 N–H and O–H groups in total. The van der Waals surface area contributed by atoms with E-state index >= 15 is 0 Å². The van der Waals surface area contributed by atoms with Crippen LogP contribution in [0.25, 0.3) is 0 Å². The van der Waals surface area contributed by atoms with Gasteiger partial charge in [-0.3, -0.25) is 9.59 Å². The van der Waals surface area contributed by atoms with E-state index in [1.807, 2.05) is 26.8 Å². The lowest BCUT2D eigenvalue weighted by atomic mass is 10.1. The fourth-order valence-electron chi connectivity index (χ4n) is 3.10. The molecule has 0 radical (unpaired) electrons. The molecule has 0 bridgehead atoms. The molecule has 0 unspecified atom stereocenters. The highest BCUT2D eigenvalue weighted by Crippen LogP contribution is 2.27. The number of nitrogens with zero attached hydrogens (tertiary/aromatic N) is 1. The molecule has 2 aromatic rings. The van der Waals surface area contributed by atoms with E-state index in [9.17, 15) is 9.59 Å². The van der Waals surface area contributed by atoms with Gasteiger partial charge in [0.25, 0.3) is 5.91 Å². The molecule has 0 aliphatic rings. The molecule has 0 aliphatic heterocycles. The first-order chi connectivity index (χ1) is 14.8. The van der Waals surface area contributed by atoms with Crippen molar-refractivity contribution in [2.24, 2.45) is 0 Å². The summed E-state index contributed by atoms with van der Waals surface area (Å²) in [5.41, 5.74) is 0.760. The monoisotopic (exact) mass is 466 g/mol. The molecular formula is C23H28Cl2N2O4. The molecule has 0 aliphatic carbocycles. The van der Waals surface area contributed by atoms with Crippen molar-refractivity contribution in [2.75, 3.05) is 13.7 Å². The van der Waals surface area contributed by atoms with Crippen molar-refractivity contribution in [1.82, 2.24) is 10.2 Å². The van der Waals surface area contributed by atoms with Gasteiger partial charge in [0.05, 0.1) is 17.2 Å². The van der Waals surface area contributed by atoms with E-state index in [4.69, 9.17) is 32.7 Å². The number of benzene rings is 2. The van der Waals surface area contributed by atoms with Crippen LogP contribution in [0.4, 0.5) is 0 Å². The third-order valence-electron chi connectivity index (χ3n) is 4.57. The lowest BCUT2D eigenvalue weighted by Crippen LogP contribution is -2.51. The first kappa shape index (κ1) is 24.8. The minimum Gasteiger partial charge on any atom is -0.493 e. The number of nitrogens with one attached hydrogen (secondary N) is 1. The summed E-state index contributed by atoms with van der Waals surface area (Å²) in [6, 6.07) is 11.5. The molecule has 6 nitrogen and oxygen atoms in total. The van der Waals surface area contributed by atoms with Crippen LogP contribution in [0.1, 0.15) is 32.8 Å². The van der Waals surface area contributed by atoms with E-state index in [1.165, 1.54) is 12.0 Å². The molecule has 1 atom stereocenters. The number of rotatable bonds is 10. The van der Waals surface area contributed by atoms with Crippen molar-refractivity contribution in [2.45, 2.75) is 45.8 Å². The normalized spacial score (nSPS) is 11.7. The van der Waals surface area contributed by atoms with Crippen LogP contribution in [0.2, 0.25) is 10.0 Å². The van der Waals surface area contributed by atoms with E-state index in [0.717, 1.165) is 5.56 Å². The van der Waals surface area contributed by atoms with Gasteiger partial charge in [-0.05, 0) is 50.1 Å². The Morgan fingerprint density at radius 2 is 1.74 bits per heavy atom. The number of para-hydroxylation sites is 2. The van der Waals surface area contributed by atoms with Gasteiger partial charge in [-0.25, -0.2) is 0 Å². The molecule has 0 saturated carbocycles. The molecule has 0 heterocycles. The predicted molar refractivity (Wildman–Crippen MR) is 123 cm³/mol. The number of methoxy groups -OCH3 is 1. The minimum atomic E-state index is -0.661. The Balaban J connectivity index is 2.26. The SMILES string of the molecule is CC[C@H](C(=O)NC(C)C)N(Cc1ccc(Cl)c(Cl)c1)C(=O)COc1ccccc1OC. The Morgan fingerprint density at radius 1 is 1.06 bits per heavy atom. The van der Waals surface area contributed by atoms with Gasteiger partial charge in [0.2, 0.25) is 5.91 Å². The van der Waals surface area contributed by atoms with Crippen LogP contribution in [0.15, 0.2) is 42.5 Å². The molecule has 31 heavy (non-hydrogen) atoms. The van der Waals surface area contributed by atoms with Crippen LogP contribution in [-0.4, -0.2) is 42.5 Å². The summed E-state index contributed by atoms with van der Waals surface area (Å²) in [5.74, 6) is 0.425. The van der Waals surface area contributed by atoms with Crippen molar-refractivity contribution in [3.8, 4) is 11.5 Å². The van der Waals surface area contributed by atoms with Crippen molar-refractivity contribution in [3.05, 3.63) is 58.1 Å². The first-order valence-electron chi connectivity index (χ1n) is 10.1. The highest BCUT2D eigenvalue weighted by molar-refractivity contribution is 6.42. The summed E-state index contributed by atoms with van der Waals surface area (Å²) < 4.78 is 11.0. The Kier molecular flexibility index (Phi) is 9.46. The number of ether oxygens (including phenoxy) is 2. The van der Waals surface area contributed by atoms with Crippen molar-refractivity contribution in [3.63, 3.8) is 0 Å². The Morgan fingerprint density at radius 3 is 2.32 bits per heavy atom. The number of amides is 2. The van der Waals surface area contributed by atoms with Crippen LogP contribution in [0.3, 0.4) is 0 Å². The Hall–Kier alpha value is -2.44. The molecule has 168 valence electrons. The smallest absolute Gasteiger partial charge is 0.261 e. The van der Waals surface area contributed by atoms with Crippen LogP contribution < -0.4 is 14.8 Å². The second kappa shape index (κ2) is 11.8. The molecule has 0 spiro atoms. The Labute approximate surface area is 193 Å². The van der Waals surface area contributed by atoms with Gasteiger partial charge in [-0.15, -0.1) is 0 Å². The van der Waals surface area contributed by atoms with Gasteiger partial charge in [-0.2, -0.15) is 0 Å². The summed E-state index contributed by atoms with van der Waals surface area (Å²) in [5, 5.41) is 3.70. The lowest BCUT2D eigenvalue weighted by molar-refractivity contribution is -0.143. The molecular weight excluding hydrogens is 439 g/mol. The van der Waals surface area contributed by atoms with Gasteiger partial charge in [-0.1, -0.05) is 48.3 Å². The predicted octanol–water partition coefficient (Wildman–Crippen LogP) is 4.71. The first-order valence-corrected chi connectivity index (χ1v) is 10.8. The average Bonchev–Trinajstić information content (AvgIpc) is 2.74. The number of hydrogen-bond donors (Lipinski definition) is 1. The van der Waals surface area contributed by atoms with Gasteiger partial charge in [0, 0.05) is 12.6 Å². The molecule has 2 rings (SSSR count). The molecule has 0 aromatic heterocycles. The third kappa shape index (κ3) is 7.04. The van der Waals surface area contributed by atoms with Crippen molar-refractivity contribution >= 4 is 35.0 Å². The average molecular weight is 467 g/mol. The molecule has 0 saturated heterocycles. The molecule has 2 amide bonds. The number of halogens is 2. The van der Waals surface area contributed by atoms with E-state index < -0.39 is 6.04 Å². The van der Waals surface area contributed by atoms with Gasteiger partial charge >= 0.3 is 0 Å². The molecule has 0 fully saturated rings. The van der Waals surface area contributed by atoms with Crippen LogP contribution in [-0.2, 0) is 16.1 Å². The van der Waals surface area contributed by atoms with Gasteiger partial charge in [0.15, 0.2) is 18.1 Å².